The molecule has 1 atom stereocenters. The predicted octanol–water partition coefficient (Wildman–Crippen LogP) is 2.75. The van der Waals surface area contributed by atoms with Gasteiger partial charge in [-0.15, -0.1) is 0 Å². The fourth-order valence-electron chi connectivity index (χ4n) is 2.97. The Bertz CT molecular complexity index is 425. The topological polar surface area (TPSA) is 38.5 Å². The van der Waals surface area contributed by atoms with E-state index in [9.17, 15) is 0 Å². The normalized spacial score (nSPS) is 19.0. The van der Waals surface area contributed by atoms with Crippen LogP contribution in [0.5, 0.6) is 0 Å². The molecular weight excluding hydrogens is 248 g/mol. The van der Waals surface area contributed by atoms with Crippen molar-refractivity contribution in [3.8, 4) is 0 Å². The molecule has 0 aliphatic carbocycles. The van der Waals surface area contributed by atoms with Gasteiger partial charge in [0.1, 0.15) is 0 Å². The number of benzene rings is 1. The summed E-state index contributed by atoms with van der Waals surface area (Å²) in [6, 6.07) is 8.79. The standard InChI is InChI=1S/C17H28N2O/c1-4-6-14-7-5-8-15(13-14)16(18)17(2,3)19-9-11-20-12-10-19/h5,7-8,13,16H,4,6,9-12,18H2,1-3H3. The molecule has 2 N–H and O–H groups in total. The van der Waals surface area contributed by atoms with Crippen LogP contribution in [0, 0.1) is 0 Å². The largest absolute Gasteiger partial charge is 0.379 e. The highest BCUT2D eigenvalue weighted by molar-refractivity contribution is 5.28. The maximum absolute atomic E-state index is 6.59. The van der Waals surface area contributed by atoms with Crippen molar-refractivity contribution in [2.75, 3.05) is 26.3 Å². The van der Waals surface area contributed by atoms with E-state index in [0.717, 1.165) is 32.7 Å². The smallest absolute Gasteiger partial charge is 0.0594 e. The Kier molecular flexibility index (Phi) is 5.19. The van der Waals surface area contributed by atoms with Crippen LogP contribution in [-0.4, -0.2) is 36.7 Å². The molecule has 20 heavy (non-hydrogen) atoms. The number of ether oxygens (including phenoxy) is 1. The van der Waals surface area contributed by atoms with Gasteiger partial charge < -0.3 is 10.5 Å². The molecule has 1 fully saturated rings. The van der Waals surface area contributed by atoms with Gasteiger partial charge in [-0.25, -0.2) is 0 Å². The molecule has 2 rings (SSSR count). The molecule has 0 aromatic heterocycles. The first-order chi connectivity index (χ1) is 9.55. The second kappa shape index (κ2) is 6.70. The lowest BCUT2D eigenvalue weighted by molar-refractivity contribution is -0.0190. The Hall–Kier alpha value is -0.900. The van der Waals surface area contributed by atoms with Crippen LogP contribution in [0.4, 0.5) is 0 Å². The summed E-state index contributed by atoms with van der Waals surface area (Å²) < 4.78 is 5.45. The molecule has 0 saturated carbocycles. The van der Waals surface area contributed by atoms with Gasteiger partial charge in [-0.1, -0.05) is 37.6 Å². The van der Waals surface area contributed by atoms with Crippen LogP contribution in [0.1, 0.15) is 44.4 Å². The molecule has 0 amide bonds. The highest BCUT2D eigenvalue weighted by Gasteiger charge is 2.34. The molecule has 112 valence electrons. The zero-order valence-corrected chi connectivity index (χ0v) is 13.1. The first kappa shape index (κ1) is 15.5. The average molecular weight is 276 g/mol. The summed E-state index contributed by atoms with van der Waals surface area (Å²) in [5.41, 5.74) is 9.17. The van der Waals surface area contributed by atoms with Crippen LogP contribution < -0.4 is 5.73 Å². The average Bonchev–Trinajstić information content (AvgIpc) is 2.48. The van der Waals surface area contributed by atoms with Gasteiger partial charge in [-0.05, 0) is 31.4 Å². The molecule has 1 saturated heterocycles. The summed E-state index contributed by atoms with van der Waals surface area (Å²) in [7, 11) is 0. The summed E-state index contributed by atoms with van der Waals surface area (Å²) in [5.74, 6) is 0. The molecule has 3 nitrogen and oxygen atoms in total. The second-order valence-electron chi connectivity index (χ2n) is 6.23. The third-order valence-electron chi connectivity index (χ3n) is 4.44. The highest BCUT2D eigenvalue weighted by Crippen LogP contribution is 2.30. The van der Waals surface area contributed by atoms with E-state index in [4.69, 9.17) is 10.5 Å². The fraction of sp³-hybridized carbons (Fsp3) is 0.647. The lowest BCUT2D eigenvalue weighted by Gasteiger charge is -2.44. The van der Waals surface area contributed by atoms with Crippen molar-refractivity contribution in [2.24, 2.45) is 5.73 Å². The molecule has 1 aliphatic heterocycles. The van der Waals surface area contributed by atoms with Crippen molar-refractivity contribution in [3.63, 3.8) is 0 Å². The van der Waals surface area contributed by atoms with E-state index in [2.05, 4.69) is 49.9 Å². The van der Waals surface area contributed by atoms with Crippen molar-refractivity contribution >= 4 is 0 Å². The summed E-state index contributed by atoms with van der Waals surface area (Å²) >= 11 is 0. The van der Waals surface area contributed by atoms with E-state index < -0.39 is 0 Å². The second-order valence-corrected chi connectivity index (χ2v) is 6.23. The minimum atomic E-state index is -0.0470. The van der Waals surface area contributed by atoms with E-state index in [1.807, 2.05) is 0 Å². The van der Waals surface area contributed by atoms with E-state index >= 15 is 0 Å². The Morgan fingerprint density at radius 1 is 1.30 bits per heavy atom. The number of hydrogen-bond acceptors (Lipinski definition) is 3. The minimum absolute atomic E-state index is 0.0254. The molecule has 1 heterocycles. The van der Waals surface area contributed by atoms with Gasteiger partial charge in [-0.2, -0.15) is 0 Å². The molecule has 1 aromatic carbocycles. The van der Waals surface area contributed by atoms with Crippen LogP contribution in [0.15, 0.2) is 24.3 Å². The van der Waals surface area contributed by atoms with Gasteiger partial charge >= 0.3 is 0 Å². The van der Waals surface area contributed by atoms with Gasteiger partial charge in [0.15, 0.2) is 0 Å². The number of nitrogens with two attached hydrogens (primary N) is 1. The highest BCUT2D eigenvalue weighted by atomic mass is 16.5. The maximum Gasteiger partial charge on any atom is 0.0594 e. The number of aryl methyl sites for hydroxylation is 1. The lowest BCUT2D eigenvalue weighted by atomic mass is 9.86. The number of hydrogen-bond donors (Lipinski definition) is 1. The molecular formula is C17H28N2O. The molecule has 0 bridgehead atoms. The first-order valence-electron chi connectivity index (χ1n) is 7.73. The summed E-state index contributed by atoms with van der Waals surface area (Å²) in [6.45, 7) is 10.3. The quantitative estimate of drug-likeness (QED) is 0.898. The summed E-state index contributed by atoms with van der Waals surface area (Å²) in [4.78, 5) is 2.45. The zero-order valence-electron chi connectivity index (χ0n) is 13.1. The van der Waals surface area contributed by atoms with E-state index in [0.29, 0.717) is 0 Å². The number of rotatable bonds is 5. The van der Waals surface area contributed by atoms with E-state index in [1.165, 1.54) is 17.5 Å². The summed E-state index contributed by atoms with van der Waals surface area (Å²) in [5, 5.41) is 0. The Morgan fingerprint density at radius 3 is 2.65 bits per heavy atom. The van der Waals surface area contributed by atoms with Crippen molar-refractivity contribution in [1.82, 2.24) is 4.90 Å². The van der Waals surface area contributed by atoms with Gasteiger partial charge in [0.25, 0.3) is 0 Å². The van der Waals surface area contributed by atoms with E-state index in [1.54, 1.807) is 0 Å². The Labute approximate surface area is 123 Å². The molecule has 0 spiro atoms. The third kappa shape index (κ3) is 3.40. The lowest BCUT2D eigenvalue weighted by Crippen LogP contribution is -2.55. The van der Waals surface area contributed by atoms with E-state index in [-0.39, 0.29) is 11.6 Å². The number of nitrogens with zero attached hydrogens (tertiary/aromatic N) is 1. The predicted molar refractivity (Wildman–Crippen MR) is 83.8 cm³/mol. The SMILES string of the molecule is CCCc1cccc(C(N)C(C)(C)N2CCOCC2)c1. The molecule has 0 radical (unpaired) electrons. The number of morpholine rings is 1. The molecule has 3 heteroatoms. The molecule has 1 unspecified atom stereocenters. The van der Waals surface area contributed by atoms with Crippen molar-refractivity contribution in [1.29, 1.82) is 0 Å². The third-order valence-corrected chi connectivity index (χ3v) is 4.44. The van der Waals surface area contributed by atoms with Crippen LogP contribution in [-0.2, 0) is 11.2 Å². The summed E-state index contributed by atoms with van der Waals surface area (Å²) in [6.07, 6.45) is 2.30. The van der Waals surface area contributed by atoms with Gasteiger partial charge in [-0.3, -0.25) is 4.90 Å². The van der Waals surface area contributed by atoms with Gasteiger partial charge in [0.05, 0.1) is 13.2 Å². The molecule has 1 aromatic rings. The first-order valence-corrected chi connectivity index (χ1v) is 7.73. The van der Waals surface area contributed by atoms with Gasteiger partial charge in [0, 0.05) is 24.7 Å². The monoisotopic (exact) mass is 276 g/mol. The Morgan fingerprint density at radius 2 is 2.00 bits per heavy atom. The Balaban J connectivity index is 2.15. The minimum Gasteiger partial charge on any atom is -0.379 e. The maximum atomic E-state index is 6.59. The van der Waals surface area contributed by atoms with Crippen LogP contribution in [0.2, 0.25) is 0 Å². The van der Waals surface area contributed by atoms with Crippen LogP contribution in [0.3, 0.4) is 0 Å². The fourth-order valence-corrected chi connectivity index (χ4v) is 2.97. The van der Waals surface area contributed by atoms with Crippen molar-refractivity contribution in [3.05, 3.63) is 35.4 Å². The molecule has 1 aliphatic rings. The van der Waals surface area contributed by atoms with Crippen LogP contribution in [0.25, 0.3) is 0 Å². The van der Waals surface area contributed by atoms with Crippen molar-refractivity contribution < 1.29 is 4.74 Å². The van der Waals surface area contributed by atoms with Gasteiger partial charge in [0.2, 0.25) is 0 Å². The van der Waals surface area contributed by atoms with Crippen molar-refractivity contribution in [2.45, 2.75) is 45.2 Å². The van der Waals surface area contributed by atoms with Crippen LogP contribution >= 0.6 is 0 Å². The zero-order chi connectivity index (χ0) is 14.6.